The first-order valence-corrected chi connectivity index (χ1v) is 4.96. The van der Waals surface area contributed by atoms with Gasteiger partial charge >= 0.3 is 0 Å². The maximum atomic E-state index is 9.39. The van der Waals surface area contributed by atoms with Crippen molar-refractivity contribution in [1.29, 1.82) is 0 Å². The molecule has 4 N–H and O–H groups in total. The minimum absolute atomic E-state index is 0.346. The highest BCUT2D eigenvalue weighted by atomic mass is 16.5. The van der Waals surface area contributed by atoms with Crippen molar-refractivity contribution in [2.45, 2.75) is 12.5 Å². The van der Waals surface area contributed by atoms with Crippen molar-refractivity contribution in [1.82, 2.24) is 5.32 Å². The van der Waals surface area contributed by atoms with Gasteiger partial charge in [-0.05, 0) is 19.5 Å². The van der Waals surface area contributed by atoms with Gasteiger partial charge < -0.3 is 25.6 Å². The number of hydrogen-bond donors (Lipinski definition) is 3. The molecule has 1 atom stereocenters. The van der Waals surface area contributed by atoms with E-state index < -0.39 is 6.10 Å². The van der Waals surface area contributed by atoms with E-state index in [-0.39, 0.29) is 0 Å². The fourth-order valence-electron chi connectivity index (χ4n) is 0.916. The number of nitrogens with two attached hydrogens (primary N) is 1. The van der Waals surface area contributed by atoms with E-state index in [4.69, 9.17) is 15.2 Å². The van der Waals surface area contributed by atoms with Gasteiger partial charge in [-0.3, -0.25) is 0 Å². The van der Waals surface area contributed by atoms with Crippen LogP contribution in [0.2, 0.25) is 0 Å². The highest BCUT2D eigenvalue weighted by Crippen LogP contribution is 1.84. The number of aliphatic hydroxyl groups is 1. The standard InChI is InChI=1S/C9H22N2O3/c1-13-5-6-14-8-9(12)7-11-4-2-3-10/h9,11-12H,2-8,10H2,1H3. The minimum atomic E-state index is -0.454. The molecular weight excluding hydrogens is 184 g/mol. The van der Waals surface area contributed by atoms with E-state index in [0.29, 0.717) is 32.9 Å². The molecule has 5 heteroatoms. The van der Waals surface area contributed by atoms with E-state index in [1.165, 1.54) is 0 Å². The zero-order valence-corrected chi connectivity index (χ0v) is 8.87. The van der Waals surface area contributed by atoms with Crippen LogP contribution < -0.4 is 11.1 Å². The Morgan fingerprint density at radius 2 is 2.21 bits per heavy atom. The number of methoxy groups -OCH3 is 1. The fraction of sp³-hybridized carbons (Fsp3) is 1.00. The Bertz CT molecular complexity index is 102. The second kappa shape index (κ2) is 10.9. The maximum absolute atomic E-state index is 9.39. The van der Waals surface area contributed by atoms with Crippen LogP contribution in [0.15, 0.2) is 0 Å². The van der Waals surface area contributed by atoms with Gasteiger partial charge in [-0.2, -0.15) is 0 Å². The Labute approximate surface area is 85.6 Å². The van der Waals surface area contributed by atoms with Crippen molar-refractivity contribution in [3.8, 4) is 0 Å². The average molecular weight is 206 g/mol. The Hall–Kier alpha value is -0.200. The zero-order chi connectivity index (χ0) is 10.6. The van der Waals surface area contributed by atoms with E-state index in [1.54, 1.807) is 7.11 Å². The number of rotatable bonds is 10. The van der Waals surface area contributed by atoms with Gasteiger partial charge in [-0.1, -0.05) is 0 Å². The first-order chi connectivity index (χ1) is 6.81. The summed E-state index contributed by atoms with van der Waals surface area (Å²) in [5, 5.41) is 12.5. The van der Waals surface area contributed by atoms with Crippen molar-refractivity contribution in [3.05, 3.63) is 0 Å². The number of nitrogens with one attached hydrogen (secondary N) is 1. The third-order valence-corrected chi connectivity index (χ3v) is 1.68. The molecule has 0 aliphatic rings. The summed E-state index contributed by atoms with van der Waals surface area (Å²) in [6.45, 7) is 3.49. The number of ether oxygens (including phenoxy) is 2. The quantitative estimate of drug-likeness (QED) is 0.398. The van der Waals surface area contributed by atoms with Gasteiger partial charge in [0.1, 0.15) is 0 Å². The summed E-state index contributed by atoms with van der Waals surface area (Å²) in [6, 6.07) is 0. The monoisotopic (exact) mass is 206 g/mol. The summed E-state index contributed by atoms with van der Waals surface area (Å²) in [5.41, 5.74) is 5.32. The van der Waals surface area contributed by atoms with Crippen LogP contribution in [0.25, 0.3) is 0 Å². The molecule has 86 valence electrons. The smallest absolute Gasteiger partial charge is 0.0897 e. The largest absolute Gasteiger partial charge is 0.389 e. The van der Waals surface area contributed by atoms with Gasteiger partial charge in [0.25, 0.3) is 0 Å². The summed E-state index contributed by atoms with van der Waals surface area (Å²) >= 11 is 0. The molecule has 0 aromatic carbocycles. The minimum Gasteiger partial charge on any atom is -0.389 e. The SMILES string of the molecule is COCCOCC(O)CNCCCN. The Morgan fingerprint density at radius 3 is 2.86 bits per heavy atom. The van der Waals surface area contributed by atoms with Crippen LogP contribution in [0.3, 0.4) is 0 Å². The first-order valence-electron chi connectivity index (χ1n) is 4.96. The summed E-state index contributed by atoms with van der Waals surface area (Å²) in [6.07, 6.45) is 0.474. The van der Waals surface area contributed by atoms with Gasteiger partial charge in [0.2, 0.25) is 0 Å². The lowest BCUT2D eigenvalue weighted by Crippen LogP contribution is -2.32. The van der Waals surface area contributed by atoms with Gasteiger partial charge in [0, 0.05) is 13.7 Å². The molecule has 14 heavy (non-hydrogen) atoms. The normalized spacial score (nSPS) is 13.1. The molecule has 5 nitrogen and oxygen atoms in total. The summed E-state index contributed by atoms with van der Waals surface area (Å²) in [4.78, 5) is 0. The fourth-order valence-corrected chi connectivity index (χ4v) is 0.916. The van der Waals surface area contributed by atoms with Crippen LogP contribution in [0.1, 0.15) is 6.42 Å². The number of hydrogen-bond acceptors (Lipinski definition) is 5. The van der Waals surface area contributed by atoms with E-state index in [9.17, 15) is 5.11 Å². The molecular formula is C9H22N2O3. The van der Waals surface area contributed by atoms with Crippen LogP contribution in [-0.2, 0) is 9.47 Å². The lowest BCUT2D eigenvalue weighted by molar-refractivity contribution is 0.0139. The molecule has 0 rings (SSSR count). The molecule has 0 saturated heterocycles. The Balaban J connectivity index is 3.07. The molecule has 0 amide bonds. The summed E-state index contributed by atoms with van der Waals surface area (Å²) in [5.74, 6) is 0. The summed E-state index contributed by atoms with van der Waals surface area (Å²) < 4.78 is 9.95. The lowest BCUT2D eigenvalue weighted by Gasteiger charge is -2.11. The van der Waals surface area contributed by atoms with E-state index in [0.717, 1.165) is 13.0 Å². The van der Waals surface area contributed by atoms with Crippen LogP contribution in [-0.4, -0.2) is 57.8 Å². The molecule has 0 fully saturated rings. The zero-order valence-electron chi connectivity index (χ0n) is 8.87. The Kier molecular flexibility index (Phi) is 10.7. The summed E-state index contributed by atoms with van der Waals surface area (Å²) in [7, 11) is 1.62. The molecule has 0 heterocycles. The van der Waals surface area contributed by atoms with E-state index >= 15 is 0 Å². The van der Waals surface area contributed by atoms with E-state index in [2.05, 4.69) is 5.32 Å². The van der Waals surface area contributed by atoms with Crippen LogP contribution in [0, 0.1) is 0 Å². The molecule has 0 radical (unpaired) electrons. The topological polar surface area (TPSA) is 76.7 Å². The van der Waals surface area contributed by atoms with Crippen molar-refractivity contribution in [2.24, 2.45) is 5.73 Å². The van der Waals surface area contributed by atoms with E-state index in [1.807, 2.05) is 0 Å². The molecule has 0 aromatic rings. The van der Waals surface area contributed by atoms with Crippen LogP contribution >= 0.6 is 0 Å². The third kappa shape index (κ3) is 9.88. The second-order valence-corrected chi connectivity index (χ2v) is 3.07. The third-order valence-electron chi connectivity index (χ3n) is 1.68. The lowest BCUT2D eigenvalue weighted by atomic mass is 10.3. The highest BCUT2D eigenvalue weighted by Gasteiger charge is 2.02. The van der Waals surface area contributed by atoms with Crippen LogP contribution in [0.5, 0.6) is 0 Å². The molecule has 0 bridgehead atoms. The highest BCUT2D eigenvalue weighted by molar-refractivity contribution is 4.58. The number of aliphatic hydroxyl groups excluding tert-OH is 1. The van der Waals surface area contributed by atoms with Crippen molar-refractivity contribution < 1.29 is 14.6 Å². The first kappa shape index (κ1) is 13.8. The van der Waals surface area contributed by atoms with Gasteiger partial charge in [-0.15, -0.1) is 0 Å². The van der Waals surface area contributed by atoms with Gasteiger partial charge in [0.15, 0.2) is 0 Å². The predicted molar refractivity (Wildman–Crippen MR) is 55.2 cm³/mol. The van der Waals surface area contributed by atoms with Gasteiger partial charge in [0.05, 0.1) is 25.9 Å². The second-order valence-electron chi connectivity index (χ2n) is 3.07. The van der Waals surface area contributed by atoms with Gasteiger partial charge in [-0.25, -0.2) is 0 Å². The van der Waals surface area contributed by atoms with Crippen LogP contribution in [0.4, 0.5) is 0 Å². The van der Waals surface area contributed by atoms with Crippen molar-refractivity contribution in [3.63, 3.8) is 0 Å². The predicted octanol–water partition coefficient (Wildman–Crippen LogP) is -1.05. The molecule has 1 unspecified atom stereocenters. The molecule has 0 spiro atoms. The average Bonchev–Trinajstić information content (AvgIpc) is 2.19. The van der Waals surface area contributed by atoms with Crippen molar-refractivity contribution in [2.75, 3.05) is 46.6 Å². The molecule has 0 saturated carbocycles. The molecule has 0 aromatic heterocycles. The maximum Gasteiger partial charge on any atom is 0.0897 e. The van der Waals surface area contributed by atoms with Crippen molar-refractivity contribution >= 4 is 0 Å². The Morgan fingerprint density at radius 1 is 1.43 bits per heavy atom. The molecule has 0 aliphatic heterocycles. The molecule has 0 aliphatic carbocycles.